The number of nitrogens with one attached hydrogen (secondary N) is 1. The lowest BCUT2D eigenvalue weighted by Gasteiger charge is -2.24. The molecule has 1 aliphatic heterocycles. The van der Waals surface area contributed by atoms with Gasteiger partial charge in [-0.15, -0.1) is 0 Å². The average molecular weight is 308 g/mol. The number of hydrogen-bond donors (Lipinski definition) is 2. The standard InChI is InChI=1S/C16H24N2O4/c19-13(5-2-8-17-15(20)10-6-7-10)18-9-11-3-1-4-12(11)14(18)16(21)22/h10-12,14H,1-9H2,(H,17,20)(H,21,22). The van der Waals surface area contributed by atoms with E-state index >= 15 is 0 Å². The molecule has 6 nitrogen and oxygen atoms in total. The van der Waals surface area contributed by atoms with Crippen LogP contribution in [0.1, 0.15) is 44.9 Å². The first kappa shape index (κ1) is 15.3. The van der Waals surface area contributed by atoms with Crippen LogP contribution in [0.15, 0.2) is 0 Å². The van der Waals surface area contributed by atoms with E-state index in [0.29, 0.717) is 31.8 Å². The Kier molecular flexibility index (Phi) is 4.36. The third kappa shape index (κ3) is 3.10. The summed E-state index contributed by atoms with van der Waals surface area (Å²) in [7, 11) is 0. The molecule has 1 heterocycles. The SMILES string of the molecule is O=C(NCCCC(=O)N1CC2CCCC2C1C(=O)O)C1CC1. The molecular formula is C16H24N2O4. The Morgan fingerprint density at radius 1 is 1.14 bits per heavy atom. The first-order chi connectivity index (χ1) is 10.6. The molecule has 0 radical (unpaired) electrons. The lowest BCUT2D eigenvalue weighted by Crippen LogP contribution is -2.43. The molecular weight excluding hydrogens is 284 g/mol. The Labute approximate surface area is 130 Å². The van der Waals surface area contributed by atoms with Gasteiger partial charge in [0.2, 0.25) is 11.8 Å². The van der Waals surface area contributed by atoms with Crippen molar-refractivity contribution in [3.05, 3.63) is 0 Å². The highest BCUT2D eigenvalue weighted by Gasteiger charge is 2.49. The van der Waals surface area contributed by atoms with Crippen molar-refractivity contribution >= 4 is 17.8 Å². The Hall–Kier alpha value is -1.59. The van der Waals surface area contributed by atoms with Gasteiger partial charge in [-0.3, -0.25) is 9.59 Å². The van der Waals surface area contributed by atoms with Gasteiger partial charge in [0.15, 0.2) is 0 Å². The Morgan fingerprint density at radius 2 is 1.91 bits per heavy atom. The van der Waals surface area contributed by atoms with Crippen molar-refractivity contribution in [3.63, 3.8) is 0 Å². The predicted octanol–water partition coefficient (Wildman–Crippen LogP) is 1.00. The highest BCUT2D eigenvalue weighted by atomic mass is 16.4. The van der Waals surface area contributed by atoms with Crippen LogP contribution >= 0.6 is 0 Å². The number of aliphatic carboxylic acids is 1. The molecule has 2 N–H and O–H groups in total. The summed E-state index contributed by atoms with van der Waals surface area (Å²) in [6.07, 6.45) is 5.87. The number of hydrogen-bond acceptors (Lipinski definition) is 3. The van der Waals surface area contributed by atoms with Crippen molar-refractivity contribution in [2.24, 2.45) is 17.8 Å². The van der Waals surface area contributed by atoms with Crippen LogP contribution < -0.4 is 5.32 Å². The zero-order chi connectivity index (χ0) is 15.7. The van der Waals surface area contributed by atoms with Gasteiger partial charge in [0, 0.05) is 25.4 Å². The molecule has 122 valence electrons. The van der Waals surface area contributed by atoms with Gasteiger partial charge in [-0.25, -0.2) is 4.79 Å². The Bertz CT molecular complexity index is 475. The second kappa shape index (κ2) is 6.26. The summed E-state index contributed by atoms with van der Waals surface area (Å²) < 4.78 is 0. The molecule has 3 atom stereocenters. The second-order valence-electron chi connectivity index (χ2n) is 6.85. The van der Waals surface area contributed by atoms with Crippen molar-refractivity contribution in [2.45, 2.75) is 51.0 Å². The minimum Gasteiger partial charge on any atom is -0.480 e. The van der Waals surface area contributed by atoms with Gasteiger partial charge in [-0.2, -0.15) is 0 Å². The van der Waals surface area contributed by atoms with E-state index < -0.39 is 12.0 Å². The van der Waals surface area contributed by atoms with Gasteiger partial charge in [0.25, 0.3) is 0 Å². The van der Waals surface area contributed by atoms with Crippen LogP contribution in [-0.2, 0) is 14.4 Å². The summed E-state index contributed by atoms with van der Waals surface area (Å²) in [6.45, 7) is 1.09. The first-order valence-electron chi connectivity index (χ1n) is 8.38. The fourth-order valence-electron chi connectivity index (χ4n) is 3.96. The number of fused-ring (bicyclic) bond motifs is 1. The molecule has 2 saturated carbocycles. The van der Waals surface area contributed by atoms with E-state index in [1.807, 2.05) is 0 Å². The van der Waals surface area contributed by atoms with Crippen molar-refractivity contribution in [3.8, 4) is 0 Å². The van der Waals surface area contributed by atoms with E-state index in [1.54, 1.807) is 4.90 Å². The number of nitrogens with zero attached hydrogens (tertiary/aromatic N) is 1. The quantitative estimate of drug-likeness (QED) is 0.717. The Balaban J connectivity index is 1.46. The number of carboxylic acid groups (broad SMARTS) is 1. The van der Waals surface area contributed by atoms with Crippen molar-refractivity contribution in [2.75, 3.05) is 13.1 Å². The highest BCUT2D eigenvalue weighted by molar-refractivity contribution is 5.85. The molecule has 3 unspecified atom stereocenters. The maximum Gasteiger partial charge on any atom is 0.326 e. The van der Waals surface area contributed by atoms with E-state index in [4.69, 9.17) is 0 Å². The van der Waals surface area contributed by atoms with E-state index in [1.165, 1.54) is 0 Å². The Morgan fingerprint density at radius 3 is 2.59 bits per heavy atom. The molecule has 3 aliphatic rings. The predicted molar refractivity (Wildman–Crippen MR) is 78.9 cm³/mol. The van der Waals surface area contributed by atoms with Gasteiger partial charge >= 0.3 is 5.97 Å². The molecule has 1 saturated heterocycles. The number of carboxylic acids is 1. The minimum absolute atomic E-state index is 0.0810. The van der Waals surface area contributed by atoms with Crippen LogP contribution in [0.2, 0.25) is 0 Å². The summed E-state index contributed by atoms with van der Waals surface area (Å²) in [6, 6.07) is -0.638. The first-order valence-corrected chi connectivity index (χ1v) is 8.38. The van der Waals surface area contributed by atoms with E-state index in [9.17, 15) is 19.5 Å². The topological polar surface area (TPSA) is 86.7 Å². The number of carbonyl (C=O) groups excluding carboxylic acids is 2. The molecule has 3 rings (SSSR count). The lowest BCUT2D eigenvalue weighted by molar-refractivity contribution is -0.149. The van der Waals surface area contributed by atoms with Crippen LogP contribution in [0.4, 0.5) is 0 Å². The summed E-state index contributed by atoms with van der Waals surface area (Å²) in [5, 5.41) is 12.3. The summed E-state index contributed by atoms with van der Waals surface area (Å²) in [5.41, 5.74) is 0. The summed E-state index contributed by atoms with van der Waals surface area (Å²) in [5.74, 6) is -0.181. The van der Waals surface area contributed by atoms with Crippen LogP contribution in [-0.4, -0.2) is 46.9 Å². The number of amides is 2. The van der Waals surface area contributed by atoms with Crippen LogP contribution in [0.25, 0.3) is 0 Å². The third-order valence-electron chi connectivity index (χ3n) is 5.28. The molecule has 0 aromatic rings. The molecule has 2 amide bonds. The number of likely N-dealkylation sites (tertiary alicyclic amines) is 1. The monoisotopic (exact) mass is 308 g/mol. The number of carbonyl (C=O) groups is 3. The maximum absolute atomic E-state index is 12.3. The van der Waals surface area contributed by atoms with Gasteiger partial charge in [-0.05, 0) is 43.9 Å². The number of rotatable bonds is 6. The normalized spacial score (nSPS) is 30.2. The maximum atomic E-state index is 12.3. The minimum atomic E-state index is -0.871. The fraction of sp³-hybridized carbons (Fsp3) is 0.812. The van der Waals surface area contributed by atoms with Crippen LogP contribution in [0, 0.1) is 17.8 Å². The van der Waals surface area contributed by atoms with Crippen molar-refractivity contribution in [1.82, 2.24) is 10.2 Å². The molecule has 3 fully saturated rings. The van der Waals surface area contributed by atoms with Gasteiger partial charge in [-0.1, -0.05) is 6.42 Å². The smallest absolute Gasteiger partial charge is 0.326 e. The average Bonchev–Trinajstić information content (AvgIpc) is 3.12. The van der Waals surface area contributed by atoms with Gasteiger partial charge in [0.05, 0.1) is 0 Å². The highest BCUT2D eigenvalue weighted by Crippen LogP contribution is 2.42. The second-order valence-corrected chi connectivity index (χ2v) is 6.85. The van der Waals surface area contributed by atoms with E-state index in [2.05, 4.69) is 5.32 Å². The summed E-state index contributed by atoms with van der Waals surface area (Å²) >= 11 is 0. The van der Waals surface area contributed by atoms with Crippen LogP contribution in [0.3, 0.4) is 0 Å². The van der Waals surface area contributed by atoms with Crippen molar-refractivity contribution < 1.29 is 19.5 Å². The van der Waals surface area contributed by atoms with E-state index in [0.717, 1.165) is 32.1 Å². The van der Waals surface area contributed by atoms with Crippen molar-refractivity contribution in [1.29, 1.82) is 0 Å². The van der Waals surface area contributed by atoms with Gasteiger partial charge in [0.1, 0.15) is 6.04 Å². The molecule has 2 aliphatic carbocycles. The molecule has 22 heavy (non-hydrogen) atoms. The largest absolute Gasteiger partial charge is 0.480 e. The van der Waals surface area contributed by atoms with E-state index in [-0.39, 0.29) is 23.7 Å². The summed E-state index contributed by atoms with van der Waals surface area (Å²) in [4.78, 5) is 36.9. The molecule has 0 spiro atoms. The molecule has 0 bridgehead atoms. The zero-order valence-corrected chi connectivity index (χ0v) is 12.8. The fourth-order valence-corrected chi connectivity index (χ4v) is 3.96. The lowest BCUT2D eigenvalue weighted by atomic mass is 9.94. The van der Waals surface area contributed by atoms with Crippen LogP contribution in [0.5, 0.6) is 0 Å². The molecule has 6 heteroatoms. The van der Waals surface area contributed by atoms with Gasteiger partial charge < -0.3 is 15.3 Å². The zero-order valence-electron chi connectivity index (χ0n) is 12.8. The molecule has 0 aromatic heterocycles. The third-order valence-corrected chi connectivity index (χ3v) is 5.28. The molecule has 0 aromatic carbocycles.